The topological polar surface area (TPSA) is 78.9 Å². The van der Waals surface area contributed by atoms with Gasteiger partial charge in [0.2, 0.25) is 0 Å². The number of hydrogen-bond donors (Lipinski definition) is 0. The lowest BCUT2D eigenvalue weighted by atomic mass is 10.1. The van der Waals surface area contributed by atoms with E-state index in [1.54, 1.807) is 0 Å². The van der Waals surface area contributed by atoms with Crippen molar-refractivity contribution in [2.45, 2.75) is 232 Å². The van der Waals surface area contributed by atoms with Gasteiger partial charge in [-0.3, -0.25) is 14.4 Å². The monoisotopic (exact) mass is 901 g/mol. The Bertz CT molecular complexity index is 1360. The molecule has 1 unspecified atom stereocenters. The minimum atomic E-state index is -0.804. The van der Waals surface area contributed by atoms with Gasteiger partial charge < -0.3 is 14.2 Å². The number of allylic oxidation sites excluding steroid dienone is 18. The van der Waals surface area contributed by atoms with Gasteiger partial charge in [0.1, 0.15) is 13.2 Å². The highest BCUT2D eigenvalue weighted by Gasteiger charge is 2.19. The first kappa shape index (κ1) is 61.1. The first-order valence-corrected chi connectivity index (χ1v) is 26.4. The maximum Gasteiger partial charge on any atom is 0.306 e. The van der Waals surface area contributed by atoms with Crippen molar-refractivity contribution in [3.63, 3.8) is 0 Å². The van der Waals surface area contributed by atoms with Gasteiger partial charge in [0.15, 0.2) is 6.10 Å². The molecule has 368 valence electrons. The molecule has 0 saturated carbocycles. The summed E-state index contributed by atoms with van der Waals surface area (Å²) in [4.78, 5) is 38.0. The first-order chi connectivity index (χ1) is 32.0. The Hall–Kier alpha value is -3.93. The van der Waals surface area contributed by atoms with Crippen molar-refractivity contribution in [1.82, 2.24) is 0 Å². The lowest BCUT2D eigenvalue weighted by molar-refractivity contribution is -0.167. The number of rotatable bonds is 46. The second-order valence-electron chi connectivity index (χ2n) is 17.1. The summed E-state index contributed by atoms with van der Waals surface area (Å²) in [5.74, 6) is -0.963. The predicted octanol–water partition coefficient (Wildman–Crippen LogP) is 17.5. The fourth-order valence-electron chi connectivity index (χ4n) is 6.91. The molecule has 0 amide bonds. The van der Waals surface area contributed by atoms with Crippen molar-refractivity contribution < 1.29 is 28.6 Å². The van der Waals surface area contributed by atoms with E-state index in [2.05, 4.69) is 93.7 Å². The van der Waals surface area contributed by atoms with Crippen LogP contribution in [0.3, 0.4) is 0 Å². The van der Waals surface area contributed by atoms with Crippen LogP contribution in [0.15, 0.2) is 109 Å². The molecule has 0 aromatic rings. The van der Waals surface area contributed by atoms with E-state index in [0.717, 1.165) is 109 Å². The molecular formula is C59H96O6. The van der Waals surface area contributed by atoms with E-state index in [4.69, 9.17) is 14.2 Å². The molecule has 0 N–H and O–H groups in total. The van der Waals surface area contributed by atoms with Gasteiger partial charge in [-0.25, -0.2) is 0 Å². The molecule has 0 bridgehead atoms. The second kappa shape index (κ2) is 52.7. The molecule has 65 heavy (non-hydrogen) atoms. The van der Waals surface area contributed by atoms with Crippen LogP contribution in [-0.2, 0) is 28.6 Å². The molecule has 0 aliphatic carbocycles. The zero-order valence-corrected chi connectivity index (χ0v) is 42.0. The molecule has 0 heterocycles. The van der Waals surface area contributed by atoms with Crippen molar-refractivity contribution in [1.29, 1.82) is 0 Å². The van der Waals surface area contributed by atoms with E-state index < -0.39 is 6.10 Å². The van der Waals surface area contributed by atoms with Crippen LogP contribution in [0.5, 0.6) is 0 Å². The van der Waals surface area contributed by atoms with E-state index in [9.17, 15) is 14.4 Å². The molecule has 0 aromatic carbocycles. The third-order valence-corrected chi connectivity index (χ3v) is 10.8. The van der Waals surface area contributed by atoms with Crippen LogP contribution in [-0.4, -0.2) is 37.2 Å². The van der Waals surface area contributed by atoms with Gasteiger partial charge in [0.05, 0.1) is 0 Å². The smallest absolute Gasteiger partial charge is 0.306 e. The van der Waals surface area contributed by atoms with Gasteiger partial charge in [0, 0.05) is 19.3 Å². The maximum absolute atomic E-state index is 12.8. The van der Waals surface area contributed by atoms with E-state index in [0.29, 0.717) is 19.3 Å². The van der Waals surface area contributed by atoms with Gasteiger partial charge in [0.25, 0.3) is 0 Å². The number of ether oxygens (including phenoxy) is 3. The van der Waals surface area contributed by atoms with Crippen LogP contribution in [0.1, 0.15) is 226 Å². The summed E-state index contributed by atoms with van der Waals surface area (Å²) < 4.78 is 16.8. The molecule has 6 heteroatoms. The Morgan fingerprint density at radius 2 is 0.677 bits per heavy atom. The summed E-state index contributed by atoms with van der Waals surface area (Å²) >= 11 is 0. The molecule has 6 nitrogen and oxygen atoms in total. The number of unbranched alkanes of at least 4 members (excludes halogenated alkanes) is 20. The van der Waals surface area contributed by atoms with Crippen molar-refractivity contribution in [2.75, 3.05) is 13.2 Å². The SMILES string of the molecule is CC\C=C/C=C\C=C/C=C\CCCCCC(=O)OCC(COC(=O)CCCCCCCC/C=C\C/C=C\C/C=C\C/C=C\CC)OC(=O)CCCCCCCCC/C=C\CCCCCC. The van der Waals surface area contributed by atoms with E-state index >= 15 is 0 Å². The average molecular weight is 901 g/mol. The summed E-state index contributed by atoms with van der Waals surface area (Å²) in [6, 6.07) is 0. The van der Waals surface area contributed by atoms with Crippen LogP contribution in [0.25, 0.3) is 0 Å². The van der Waals surface area contributed by atoms with Crippen molar-refractivity contribution in [2.24, 2.45) is 0 Å². The van der Waals surface area contributed by atoms with Crippen molar-refractivity contribution in [3.8, 4) is 0 Å². The summed E-state index contributed by atoms with van der Waals surface area (Å²) in [6.45, 7) is 6.31. The molecule has 0 aliphatic heterocycles. The van der Waals surface area contributed by atoms with Crippen molar-refractivity contribution >= 4 is 17.9 Å². The highest BCUT2D eigenvalue weighted by atomic mass is 16.6. The number of esters is 3. The number of carbonyl (C=O) groups is 3. The molecule has 0 spiro atoms. The zero-order chi connectivity index (χ0) is 47.2. The van der Waals surface area contributed by atoms with Gasteiger partial charge >= 0.3 is 17.9 Å². The normalized spacial score (nSPS) is 13.0. The van der Waals surface area contributed by atoms with Crippen LogP contribution in [0.4, 0.5) is 0 Å². The summed E-state index contributed by atoms with van der Waals surface area (Å²) in [5.41, 5.74) is 0. The third kappa shape index (κ3) is 50.9. The average Bonchev–Trinajstić information content (AvgIpc) is 3.30. The Labute approximate surface area is 400 Å². The van der Waals surface area contributed by atoms with Gasteiger partial charge in [-0.05, 0) is 103 Å². The molecule has 0 aliphatic rings. The minimum Gasteiger partial charge on any atom is -0.462 e. The van der Waals surface area contributed by atoms with Crippen molar-refractivity contribution in [3.05, 3.63) is 109 Å². The van der Waals surface area contributed by atoms with Crippen LogP contribution < -0.4 is 0 Å². The van der Waals surface area contributed by atoms with Crippen LogP contribution >= 0.6 is 0 Å². The van der Waals surface area contributed by atoms with E-state index in [-0.39, 0.29) is 31.1 Å². The highest BCUT2D eigenvalue weighted by Crippen LogP contribution is 2.14. The molecule has 1 atom stereocenters. The Kier molecular flexibility index (Phi) is 49.5. The van der Waals surface area contributed by atoms with Gasteiger partial charge in [-0.1, -0.05) is 214 Å². The zero-order valence-electron chi connectivity index (χ0n) is 42.0. The van der Waals surface area contributed by atoms with E-state index in [1.807, 2.05) is 36.5 Å². The highest BCUT2D eigenvalue weighted by molar-refractivity contribution is 5.71. The third-order valence-electron chi connectivity index (χ3n) is 10.8. The minimum absolute atomic E-state index is 0.102. The molecule has 0 saturated heterocycles. The number of carbonyl (C=O) groups excluding carboxylic acids is 3. The standard InChI is InChI=1S/C59H96O6/c1-4-7-10-13-16-19-22-25-27-28-29-30-32-34-37-40-43-46-49-52-58(61)64-55-56(54-63-57(60)51-48-45-42-39-36-33-24-21-18-15-12-9-6-3)65-59(62)53-50-47-44-41-38-35-31-26-23-20-17-14-11-8-5-2/h7,9-10,12,15-16,18-21,23-25,27,29-30,33,36,56H,4-6,8,11,13-14,17,22,26,28,31-32,34-35,37-55H2,1-3H3/b10-7-,12-9-,18-15-,19-16-,23-20-,24-21-,27-25-,30-29-,36-33-. The molecule has 0 fully saturated rings. The fraction of sp³-hybridized carbons (Fsp3) is 0.644. The quantitative estimate of drug-likeness (QED) is 0.0199. The molecular weight excluding hydrogens is 805 g/mol. The van der Waals surface area contributed by atoms with Gasteiger partial charge in [-0.2, -0.15) is 0 Å². The second-order valence-corrected chi connectivity index (χ2v) is 17.1. The first-order valence-electron chi connectivity index (χ1n) is 26.4. The summed E-state index contributed by atoms with van der Waals surface area (Å²) in [7, 11) is 0. The Morgan fingerprint density at radius 3 is 1.15 bits per heavy atom. The Morgan fingerprint density at radius 1 is 0.338 bits per heavy atom. The van der Waals surface area contributed by atoms with Crippen LogP contribution in [0, 0.1) is 0 Å². The molecule has 0 aromatic heterocycles. The lowest BCUT2D eigenvalue weighted by Crippen LogP contribution is -2.30. The molecule has 0 rings (SSSR count). The summed E-state index contributed by atoms with van der Waals surface area (Å²) in [5, 5.41) is 0. The maximum atomic E-state index is 12.8. The Balaban J connectivity index is 4.46. The largest absolute Gasteiger partial charge is 0.462 e. The van der Waals surface area contributed by atoms with Gasteiger partial charge in [-0.15, -0.1) is 0 Å². The van der Waals surface area contributed by atoms with E-state index in [1.165, 1.54) is 77.0 Å². The lowest BCUT2D eigenvalue weighted by Gasteiger charge is -2.18. The predicted molar refractivity (Wildman–Crippen MR) is 279 cm³/mol. The molecule has 0 radical (unpaired) electrons. The fourth-order valence-corrected chi connectivity index (χ4v) is 6.91. The summed E-state index contributed by atoms with van der Waals surface area (Å²) in [6.07, 6.45) is 70.7. The van der Waals surface area contributed by atoms with Crippen LogP contribution in [0.2, 0.25) is 0 Å². The number of hydrogen-bond acceptors (Lipinski definition) is 6.